The van der Waals surface area contributed by atoms with Crippen LogP contribution in [0.5, 0.6) is 11.5 Å². The van der Waals surface area contributed by atoms with Crippen LogP contribution < -0.4 is 14.8 Å². The number of methoxy groups -OCH3 is 2. The van der Waals surface area contributed by atoms with Crippen molar-refractivity contribution >= 4 is 17.8 Å². The summed E-state index contributed by atoms with van der Waals surface area (Å²) in [6, 6.07) is 4.15. The molecule has 0 bridgehead atoms. The average molecular weight is 338 g/mol. The van der Waals surface area contributed by atoms with E-state index in [0.717, 1.165) is 0 Å². The first kappa shape index (κ1) is 19.3. The second-order valence-corrected chi connectivity index (χ2v) is 5.21. The first-order chi connectivity index (χ1) is 11.3. The maximum atomic E-state index is 12.0. The molecule has 0 spiro atoms. The van der Waals surface area contributed by atoms with Crippen molar-refractivity contribution in [1.29, 1.82) is 0 Å². The molecule has 2 amide bonds. The van der Waals surface area contributed by atoms with Crippen molar-refractivity contribution < 1.29 is 29.0 Å². The molecule has 2 N–H and O–H groups in total. The van der Waals surface area contributed by atoms with Gasteiger partial charge in [-0.2, -0.15) is 0 Å². The average Bonchev–Trinajstić information content (AvgIpc) is 2.52. The minimum atomic E-state index is -1.06. The van der Waals surface area contributed by atoms with E-state index in [0.29, 0.717) is 17.1 Å². The summed E-state index contributed by atoms with van der Waals surface area (Å²) < 4.78 is 10.3. The number of rotatable bonds is 8. The number of hydrogen-bond donors (Lipinski definition) is 2. The third-order valence-corrected chi connectivity index (χ3v) is 3.44. The summed E-state index contributed by atoms with van der Waals surface area (Å²) in [6.45, 7) is 1.19. The number of carboxylic acids is 1. The summed E-state index contributed by atoms with van der Waals surface area (Å²) in [5.41, 5.74) is 0.564. The summed E-state index contributed by atoms with van der Waals surface area (Å²) >= 11 is 0. The van der Waals surface area contributed by atoms with Crippen LogP contribution in [0.2, 0.25) is 0 Å². The third kappa shape index (κ3) is 5.45. The first-order valence-corrected chi connectivity index (χ1v) is 7.23. The Kier molecular flexibility index (Phi) is 7.03. The van der Waals surface area contributed by atoms with E-state index in [1.54, 1.807) is 18.2 Å². The summed E-state index contributed by atoms with van der Waals surface area (Å²) in [5, 5.41) is 11.7. The monoisotopic (exact) mass is 338 g/mol. The fourth-order valence-corrected chi connectivity index (χ4v) is 2.06. The molecule has 24 heavy (non-hydrogen) atoms. The maximum Gasteiger partial charge on any atom is 0.305 e. The molecule has 1 atom stereocenters. The van der Waals surface area contributed by atoms with Crippen molar-refractivity contribution in [3.05, 3.63) is 23.8 Å². The fourth-order valence-electron chi connectivity index (χ4n) is 2.06. The van der Waals surface area contributed by atoms with Crippen LogP contribution in [-0.2, 0) is 14.4 Å². The van der Waals surface area contributed by atoms with Gasteiger partial charge in [0.1, 0.15) is 0 Å². The predicted molar refractivity (Wildman–Crippen MR) is 86.0 cm³/mol. The second kappa shape index (κ2) is 8.76. The molecular weight excluding hydrogens is 316 g/mol. The Morgan fingerprint density at radius 2 is 1.83 bits per heavy atom. The fraction of sp³-hybridized carbons (Fsp3) is 0.438. The molecule has 0 saturated heterocycles. The molecule has 1 rings (SSSR count). The molecular formula is C16H22N2O6. The Balaban J connectivity index is 2.98. The van der Waals surface area contributed by atoms with Gasteiger partial charge in [0, 0.05) is 14.0 Å². The lowest BCUT2D eigenvalue weighted by Gasteiger charge is -2.21. The molecule has 0 aromatic heterocycles. The zero-order valence-corrected chi connectivity index (χ0v) is 14.2. The van der Waals surface area contributed by atoms with Gasteiger partial charge in [0.05, 0.1) is 33.2 Å². The van der Waals surface area contributed by atoms with Crippen LogP contribution in [0.1, 0.15) is 24.9 Å². The van der Waals surface area contributed by atoms with E-state index in [-0.39, 0.29) is 18.9 Å². The minimum absolute atomic E-state index is 0.154. The number of benzene rings is 1. The second-order valence-electron chi connectivity index (χ2n) is 5.21. The number of amides is 2. The number of carbonyl (C=O) groups excluding carboxylic acids is 2. The number of hydrogen-bond acceptors (Lipinski definition) is 5. The lowest BCUT2D eigenvalue weighted by atomic mass is 10.0. The highest BCUT2D eigenvalue weighted by molar-refractivity contribution is 5.84. The number of aliphatic carboxylic acids is 1. The Hall–Kier alpha value is -2.77. The summed E-state index contributed by atoms with van der Waals surface area (Å²) in [4.78, 5) is 35.6. The number of nitrogens with zero attached hydrogens (tertiary/aromatic N) is 1. The molecule has 0 aliphatic carbocycles. The van der Waals surface area contributed by atoms with Gasteiger partial charge < -0.3 is 24.8 Å². The van der Waals surface area contributed by atoms with Crippen molar-refractivity contribution in [2.75, 3.05) is 27.8 Å². The van der Waals surface area contributed by atoms with E-state index in [1.165, 1.54) is 33.1 Å². The quantitative estimate of drug-likeness (QED) is 0.727. The van der Waals surface area contributed by atoms with Crippen molar-refractivity contribution in [3.63, 3.8) is 0 Å². The molecule has 0 heterocycles. The van der Waals surface area contributed by atoms with Gasteiger partial charge >= 0.3 is 5.97 Å². The standard InChI is InChI=1S/C16H22N2O6/c1-10(19)18(2)9-15(20)17-12(8-16(21)22)11-5-6-13(23-3)14(7-11)24-4/h5-7,12H,8-9H2,1-4H3,(H,17,20)(H,21,22). The van der Waals surface area contributed by atoms with Gasteiger partial charge in [-0.3, -0.25) is 14.4 Å². The number of carboxylic acid groups (broad SMARTS) is 1. The van der Waals surface area contributed by atoms with Crippen LogP contribution in [0.25, 0.3) is 0 Å². The highest BCUT2D eigenvalue weighted by Gasteiger charge is 2.21. The molecule has 1 aromatic carbocycles. The zero-order valence-electron chi connectivity index (χ0n) is 14.2. The summed E-state index contributed by atoms with van der Waals surface area (Å²) in [6.07, 6.45) is -0.301. The van der Waals surface area contributed by atoms with Crippen molar-refractivity contribution in [1.82, 2.24) is 10.2 Å². The van der Waals surface area contributed by atoms with Gasteiger partial charge in [-0.05, 0) is 17.7 Å². The molecule has 0 aliphatic rings. The van der Waals surface area contributed by atoms with Crippen LogP contribution in [0.3, 0.4) is 0 Å². The molecule has 1 aromatic rings. The van der Waals surface area contributed by atoms with E-state index in [1.807, 2.05) is 0 Å². The molecule has 0 radical (unpaired) electrons. The topological polar surface area (TPSA) is 105 Å². The van der Waals surface area contributed by atoms with Crippen LogP contribution in [0.15, 0.2) is 18.2 Å². The van der Waals surface area contributed by atoms with Crippen LogP contribution in [0.4, 0.5) is 0 Å². The predicted octanol–water partition coefficient (Wildman–Crippen LogP) is 0.814. The highest BCUT2D eigenvalue weighted by atomic mass is 16.5. The van der Waals surface area contributed by atoms with Crippen LogP contribution in [-0.4, -0.2) is 55.6 Å². The Labute approximate surface area is 140 Å². The number of carbonyl (C=O) groups is 3. The summed E-state index contributed by atoms with van der Waals surface area (Å²) in [5.74, 6) is -0.840. The maximum absolute atomic E-state index is 12.0. The van der Waals surface area contributed by atoms with Gasteiger partial charge in [0.15, 0.2) is 11.5 Å². The SMILES string of the molecule is COc1ccc(C(CC(=O)O)NC(=O)CN(C)C(C)=O)cc1OC. The molecule has 0 fully saturated rings. The van der Waals surface area contributed by atoms with E-state index in [2.05, 4.69) is 5.32 Å². The van der Waals surface area contributed by atoms with Crippen molar-refractivity contribution in [2.45, 2.75) is 19.4 Å². The third-order valence-electron chi connectivity index (χ3n) is 3.44. The van der Waals surface area contributed by atoms with Gasteiger partial charge in [-0.25, -0.2) is 0 Å². The smallest absolute Gasteiger partial charge is 0.305 e. The molecule has 1 unspecified atom stereocenters. The van der Waals surface area contributed by atoms with Gasteiger partial charge in [-0.1, -0.05) is 6.07 Å². The number of nitrogens with one attached hydrogen (secondary N) is 1. The Morgan fingerprint density at radius 1 is 1.21 bits per heavy atom. The lowest BCUT2D eigenvalue weighted by molar-refractivity contribution is -0.138. The molecule has 132 valence electrons. The molecule has 0 aliphatic heterocycles. The minimum Gasteiger partial charge on any atom is -0.493 e. The van der Waals surface area contributed by atoms with Gasteiger partial charge in [0.25, 0.3) is 0 Å². The lowest BCUT2D eigenvalue weighted by Crippen LogP contribution is -2.39. The van der Waals surface area contributed by atoms with E-state index < -0.39 is 17.9 Å². The van der Waals surface area contributed by atoms with Crippen LogP contribution in [0, 0.1) is 0 Å². The molecule has 0 saturated carbocycles. The number of ether oxygens (including phenoxy) is 2. The normalized spacial score (nSPS) is 11.3. The molecule has 8 heteroatoms. The van der Waals surface area contributed by atoms with Crippen molar-refractivity contribution in [3.8, 4) is 11.5 Å². The Bertz CT molecular complexity index is 617. The number of likely N-dealkylation sites (N-methyl/N-ethyl adjacent to an activating group) is 1. The van der Waals surface area contributed by atoms with Gasteiger partial charge in [0.2, 0.25) is 11.8 Å². The van der Waals surface area contributed by atoms with Crippen molar-refractivity contribution in [2.24, 2.45) is 0 Å². The summed E-state index contributed by atoms with van der Waals surface area (Å²) in [7, 11) is 4.45. The Morgan fingerprint density at radius 3 is 2.33 bits per heavy atom. The van der Waals surface area contributed by atoms with Gasteiger partial charge in [-0.15, -0.1) is 0 Å². The van der Waals surface area contributed by atoms with E-state index in [4.69, 9.17) is 14.6 Å². The van der Waals surface area contributed by atoms with Crippen LogP contribution >= 0.6 is 0 Å². The zero-order chi connectivity index (χ0) is 18.3. The largest absolute Gasteiger partial charge is 0.493 e. The molecule has 8 nitrogen and oxygen atoms in total. The van der Waals surface area contributed by atoms with E-state index >= 15 is 0 Å². The first-order valence-electron chi connectivity index (χ1n) is 7.23. The van der Waals surface area contributed by atoms with E-state index in [9.17, 15) is 14.4 Å². The highest BCUT2D eigenvalue weighted by Crippen LogP contribution is 2.30.